The molecule has 0 saturated heterocycles. The van der Waals surface area contributed by atoms with Crippen molar-refractivity contribution in [2.24, 2.45) is 5.73 Å². The van der Waals surface area contributed by atoms with Crippen LogP contribution in [-0.2, 0) is 0 Å². The third-order valence-electron chi connectivity index (χ3n) is 2.09. The van der Waals surface area contributed by atoms with Gasteiger partial charge in [-0.3, -0.25) is 5.41 Å². The molecule has 0 fully saturated rings. The van der Waals surface area contributed by atoms with Gasteiger partial charge in [-0.1, -0.05) is 0 Å². The van der Waals surface area contributed by atoms with Gasteiger partial charge < -0.3 is 10.6 Å². The Bertz CT molecular complexity index is 379. The summed E-state index contributed by atoms with van der Waals surface area (Å²) >= 11 is 1.78. The van der Waals surface area contributed by atoms with Gasteiger partial charge in [-0.05, 0) is 19.2 Å². The van der Waals surface area contributed by atoms with Crippen LogP contribution in [0.5, 0.6) is 0 Å². The Labute approximate surface area is 100.0 Å². The first kappa shape index (κ1) is 12.8. The van der Waals surface area contributed by atoms with Gasteiger partial charge in [0.15, 0.2) is 0 Å². The van der Waals surface area contributed by atoms with Crippen molar-refractivity contribution in [3.05, 3.63) is 17.5 Å². The van der Waals surface area contributed by atoms with E-state index in [1.165, 1.54) is 0 Å². The Kier molecular flexibility index (Phi) is 4.54. The normalized spacial score (nSPS) is 10.2. The van der Waals surface area contributed by atoms with Crippen molar-refractivity contribution >= 4 is 23.5 Å². The van der Waals surface area contributed by atoms with E-state index in [9.17, 15) is 0 Å². The molecule has 0 aliphatic heterocycles. The van der Waals surface area contributed by atoms with E-state index in [4.69, 9.17) is 11.1 Å². The molecule has 6 heteroatoms. The summed E-state index contributed by atoms with van der Waals surface area (Å²) in [7, 11) is 1.94. The lowest BCUT2D eigenvalue weighted by atomic mass is 10.3. The van der Waals surface area contributed by atoms with E-state index in [1.807, 2.05) is 18.9 Å². The molecule has 1 rings (SSSR count). The summed E-state index contributed by atoms with van der Waals surface area (Å²) < 4.78 is 0. The number of nitrogen functional groups attached to an aromatic ring is 1. The maximum Gasteiger partial charge on any atom is 0.225 e. The Hall–Kier alpha value is -1.30. The highest BCUT2D eigenvalue weighted by molar-refractivity contribution is 7.98. The van der Waals surface area contributed by atoms with E-state index in [0.29, 0.717) is 11.6 Å². The van der Waals surface area contributed by atoms with Crippen LogP contribution in [0.1, 0.15) is 11.4 Å². The highest BCUT2D eigenvalue weighted by atomic mass is 32.2. The van der Waals surface area contributed by atoms with Crippen molar-refractivity contribution in [2.45, 2.75) is 6.92 Å². The predicted molar refractivity (Wildman–Crippen MR) is 69.4 cm³/mol. The first-order valence-electron chi connectivity index (χ1n) is 4.94. The maximum absolute atomic E-state index is 7.37. The number of hydrogen-bond acceptors (Lipinski definition) is 5. The molecule has 3 N–H and O–H groups in total. The molecule has 0 amide bonds. The van der Waals surface area contributed by atoms with E-state index in [-0.39, 0.29) is 5.84 Å². The molecule has 1 aromatic heterocycles. The summed E-state index contributed by atoms with van der Waals surface area (Å²) in [6.07, 6.45) is 2.06. The fourth-order valence-electron chi connectivity index (χ4n) is 1.19. The van der Waals surface area contributed by atoms with Crippen LogP contribution >= 0.6 is 11.8 Å². The number of anilines is 1. The van der Waals surface area contributed by atoms with Gasteiger partial charge in [-0.15, -0.1) is 0 Å². The highest BCUT2D eigenvalue weighted by Crippen LogP contribution is 2.09. The Morgan fingerprint density at radius 2 is 2.25 bits per heavy atom. The second-order valence-electron chi connectivity index (χ2n) is 3.52. The van der Waals surface area contributed by atoms with E-state index in [1.54, 1.807) is 17.8 Å². The summed E-state index contributed by atoms with van der Waals surface area (Å²) in [5.41, 5.74) is 6.73. The van der Waals surface area contributed by atoms with Gasteiger partial charge in [0.05, 0.1) is 0 Å². The number of rotatable bonds is 5. The number of hydrogen-bond donors (Lipinski definition) is 2. The average molecular weight is 239 g/mol. The van der Waals surface area contributed by atoms with Crippen LogP contribution < -0.4 is 10.6 Å². The molecule has 0 aliphatic rings. The molecule has 88 valence electrons. The SMILES string of the molecule is CSCCN(C)c1nc(C)cc(C(=N)N)n1. The molecule has 0 unspecified atom stereocenters. The van der Waals surface area contributed by atoms with Crippen LogP contribution in [0.4, 0.5) is 5.95 Å². The number of aromatic nitrogens is 2. The maximum atomic E-state index is 7.37. The minimum atomic E-state index is -0.0231. The Morgan fingerprint density at radius 3 is 2.81 bits per heavy atom. The molecule has 0 aliphatic carbocycles. The van der Waals surface area contributed by atoms with E-state index in [2.05, 4.69) is 16.2 Å². The molecule has 1 heterocycles. The van der Waals surface area contributed by atoms with Crippen molar-refractivity contribution in [3.63, 3.8) is 0 Å². The van der Waals surface area contributed by atoms with Crippen LogP contribution in [0.3, 0.4) is 0 Å². The highest BCUT2D eigenvalue weighted by Gasteiger charge is 2.08. The van der Waals surface area contributed by atoms with Gasteiger partial charge in [-0.25, -0.2) is 9.97 Å². The zero-order valence-electron chi connectivity index (χ0n) is 9.82. The lowest BCUT2D eigenvalue weighted by Crippen LogP contribution is -2.24. The summed E-state index contributed by atoms with van der Waals surface area (Å²) in [6, 6.07) is 1.72. The lowest BCUT2D eigenvalue weighted by Gasteiger charge is -2.17. The van der Waals surface area contributed by atoms with Crippen molar-refractivity contribution in [3.8, 4) is 0 Å². The Balaban J connectivity index is 2.91. The van der Waals surface area contributed by atoms with E-state index in [0.717, 1.165) is 18.0 Å². The fourth-order valence-corrected chi connectivity index (χ4v) is 1.65. The summed E-state index contributed by atoms with van der Waals surface area (Å²) in [4.78, 5) is 10.5. The van der Waals surface area contributed by atoms with Crippen molar-refractivity contribution in [1.82, 2.24) is 9.97 Å². The number of aryl methyl sites for hydroxylation is 1. The number of nitrogens with one attached hydrogen (secondary N) is 1. The number of thioether (sulfide) groups is 1. The van der Waals surface area contributed by atoms with Crippen molar-refractivity contribution < 1.29 is 0 Å². The van der Waals surface area contributed by atoms with Crippen LogP contribution in [0.25, 0.3) is 0 Å². The number of nitrogens with two attached hydrogens (primary N) is 1. The fraction of sp³-hybridized carbons (Fsp3) is 0.500. The largest absolute Gasteiger partial charge is 0.382 e. The third-order valence-corrected chi connectivity index (χ3v) is 2.68. The molecule has 16 heavy (non-hydrogen) atoms. The lowest BCUT2D eigenvalue weighted by molar-refractivity contribution is 0.894. The number of amidine groups is 1. The monoisotopic (exact) mass is 239 g/mol. The van der Waals surface area contributed by atoms with Crippen LogP contribution in [-0.4, -0.2) is 41.4 Å². The zero-order valence-corrected chi connectivity index (χ0v) is 10.6. The first-order valence-corrected chi connectivity index (χ1v) is 6.34. The minimum absolute atomic E-state index is 0.0231. The van der Waals surface area contributed by atoms with Gasteiger partial charge in [0, 0.05) is 25.0 Å². The molecule has 1 aromatic rings. The average Bonchev–Trinajstić information content (AvgIpc) is 2.24. The third kappa shape index (κ3) is 3.37. The second-order valence-corrected chi connectivity index (χ2v) is 4.51. The van der Waals surface area contributed by atoms with E-state index < -0.39 is 0 Å². The van der Waals surface area contributed by atoms with Crippen molar-refractivity contribution in [1.29, 1.82) is 5.41 Å². The van der Waals surface area contributed by atoms with Crippen LogP contribution in [0.15, 0.2) is 6.07 Å². The molecule has 0 spiro atoms. The Morgan fingerprint density at radius 1 is 1.56 bits per heavy atom. The van der Waals surface area contributed by atoms with E-state index >= 15 is 0 Å². The van der Waals surface area contributed by atoms with Gasteiger partial charge in [0.25, 0.3) is 0 Å². The second kappa shape index (κ2) is 5.69. The summed E-state index contributed by atoms with van der Waals surface area (Å²) in [5.74, 6) is 1.62. The molecule has 5 nitrogen and oxygen atoms in total. The molecule has 0 saturated carbocycles. The topological polar surface area (TPSA) is 78.9 Å². The summed E-state index contributed by atoms with van der Waals surface area (Å²) in [6.45, 7) is 2.75. The minimum Gasteiger partial charge on any atom is -0.382 e. The summed E-state index contributed by atoms with van der Waals surface area (Å²) in [5, 5.41) is 7.37. The van der Waals surface area contributed by atoms with Gasteiger partial charge >= 0.3 is 0 Å². The molecule has 0 radical (unpaired) electrons. The number of nitrogens with zero attached hydrogens (tertiary/aromatic N) is 3. The predicted octanol–water partition coefficient (Wildman–Crippen LogP) is 0.868. The standard InChI is InChI=1S/C10H17N5S/c1-7-6-8(9(11)12)14-10(13-7)15(2)4-5-16-3/h6H,4-5H2,1-3H3,(H3,11,12). The van der Waals surface area contributed by atoms with Gasteiger partial charge in [-0.2, -0.15) is 11.8 Å². The molecule has 0 aromatic carbocycles. The van der Waals surface area contributed by atoms with Crippen molar-refractivity contribution in [2.75, 3.05) is 30.5 Å². The van der Waals surface area contributed by atoms with Gasteiger partial charge in [0.1, 0.15) is 11.5 Å². The van der Waals surface area contributed by atoms with Gasteiger partial charge in [0.2, 0.25) is 5.95 Å². The first-order chi connectivity index (χ1) is 7.54. The molecule has 0 atom stereocenters. The zero-order chi connectivity index (χ0) is 12.1. The quantitative estimate of drug-likeness (QED) is 0.589. The molecule has 0 bridgehead atoms. The molecular weight excluding hydrogens is 222 g/mol. The van der Waals surface area contributed by atoms with Crippen LogP contribution in [0.2, 0.25) is 0 Å². The smallest absolute Gasteiger partial charge is 0.225 e. The molecular formula is C10H17N5S. The van der Waals surface area contributed by atoms with Crippen LogP contribution in [0, 0.1) is 12.3 Å².